The van der Waals surface area contributed by atoms with Gasteiger partial charge in [-0.25, -0.2) is 0 Å². The molecule has 3 nitrogen and oxygen atoms in total. The molecular formula is C26H30O3. The van der Waals surface area contributed by atoms with Crippen LogP contribution >= 0.6 is 0 Å². The van der Waals surface area contributed by atoms with Crippen LogP contribution in [0.3, 0.4) is 0 Å². The van der Waals surface area contributed by atoms with Crippen LogP contribution in [0.5, 0.6) is 5.75 Å². The molecule has 3 heteroatoms. The second-order valence-corrected chi connectivity index (χ2v) is 8.35. The summed E-state index contributed by atoms with van der Waals surface area (Å²) in [6, 6.07) is 24.2. The van der Waals surface area contributed by atoms with E-state index in [1.165, 1.54) is 0 Å². The normalized spacial score (nSPS) is 11.6. The second-order valence-electron chi connectivity index (χ2n) is 8.35. The molecule has 0 amide bonds. The van der Waals surface area contributed by atoms with Gasteiger partial charge in [0, 0.05) is 11.1 Å². The fraction of sp³-hybridized carbons (Fsp3) is 0.308. The first kappa shape index (κ1) is 21.1. The molecule has 1 N–H and O–H groups in total. The van der Waals surface area contributed by atoms with E-state index in [1.807, 2.05) is 72.8 Å². The molecule has 0 aliphatic heterocycles. The highest BCUT2D eigenvalue weighted by Gasteiger charge is 2.19. The van der Waals surface area contributed by atoms with Crippen molar-refractivity contribution in [3.05, 3.63) is 101 Å². The fourth-order valence-corrected chi connectivity index (χ4v) is 3.12. The van der Waals surface area contributed by atoms with Gasteiger partial charge in [-0.05, 0) is 34.2 Å². The van der Waals surface area contributed by atoms with Crippen molar-refractivity contribution in [3.8, 4) is 5.75 Å². The first-order valence-corrected chi connectivity index (χ1v) is 10.0. The van der Waals surface area contributed by atoms with Crippen molar-refractivity contribution in [1.82, 2.24) is 0 Å². The van der Waals surface area contributed by atoms with E-state index in [-0.39, 0.29) is 11.2 Å². The lowest BCUT2D eigenvalue weighted by Gasteiger charge is -2.22. The van der Waals surface area contributed by atoms with Gasteiger partial charge in [0.05, 0.1) is 26.4 Å². The van der Waals surface area contributed by atoms with Gasteiger partial charge in [0.1, 0.15) is 5.75 Å². The van der Waals surface area contributed by atoms with Gasteiger partial charge in [0.15, 0.2) is 0 Å². The number of phenolic OH excluding ortho intramolecular Hbond substituents is 1. The Bertz CT molecular complexity index is 830. The van der Waals surface area contributed by atoms with Crippen LogP contribution in [0.25, 0.3) is 0 Å². The minimum Gasteiger partial charge on any atom is -0.507 e. The molecule has 0 unspecified atom stereocenters. The third-order valence-electron chi connectivity index (χ3n) is 4.87. The Balaban J connectivity index is 1.71. The van der Waals surface area contributed by atoms with E-state index in [0.29, 0.717) is 26.4 Å². The second kappa shape index (κ2) is 9.73. The minimum atomic E-state index is -0.0317. The zero-order valence-corrected chi connectivity index (χ0v) is 17.5. The van der Waals surface area contributed by atoms with E-state index < -0.39 is 0 Å². The maximum absolute atomic E-state index is 10.8. The monoisotopic (exact) mass is 390 g/mol. The maximum Gasteiger partial charge on any atom is 0.126 e. The van der Waals surface area contributed by atoms with E-state index in [1.54, 1.807) is 0 Å². The van der Waals surface area contributed by atoms with Crippen LogP contribution in [0, 0.1) is 0 Å². The molecule has 0 saturated heterocycles. The standard InChI is InChI=1S/C26H30O3/c1-26(2,3)24-14-22(18-28-16-20-10-6-4-7-11-20)25(27)23(15-24)19-29-17-21-12-8-5-9-13-21/h4-15,27H,16-19H2,1-3H3. The smallest absolute Gasteiger partial charge is 0.126 e. The number of rotatable bonds is 8. The van der Waals surface area contributed by atoms with Crippen LogP contribution in [0.4, 0.5) is 0 Å². The van der Waals surface area contributed by atoms with Crippen LogP contribution in [-0.2, 0) is 41.3 Å². The molecule has 3 aromatic carbocycles. The van der Waals surface area contributed by atoms with Crippen LogP contribution in [-0.4, -0.2) is 5.11 Å². The summed E-state index contributed by atoms with van der Waals surface area (Å²) in [6.07, 6.45) is 0. The van der Waals surface area contributed by atoms with Crippen LogP contribution in [0.15, 0.2) is 72.8 Å². The van der Waals surface area contributed by atoms with Gasteiger partial charge < -0.3 is 14.6 Å². The summed E-state index contributed by atoms with van der Waals surface area (Å²) < 4.78 is 11.8. The fourth-order valence-electron chi connectivity index (χ4n) is 3.12. The van der Waals surface area contributed by atoms with Crippen LogP contribution in [0.1, 0.15) is 48.6 Å². The molecule has 0 aliphatic carbocycles. The van der Waals surface area contributed by atoms with Gasteiger partial charge in [-0.3, -0.25) is 0 Å². The molecule has 29 heavy (non-hydrogen) atoms. The molecule has 0 fully saturated rings. The summed E-state index contributed by atoms with van der Waals surface area (Å²) >= 11 is 0. The summed E-state index contributed by atoms with van der Waals surface area (Å²) in [5.41, 5.74) is 4.96. The van der Waals surface area contributed by atoms with E-state index in [4.69, 9.17) is 9.47 Å². The van der Waals surface area contributed by atoms with Crippen molar-refractivity contribution in [3.63, 3.8) is 0 Å². The Kier molecular flexibility index (Phi) is 7.08. The first-order chi connectivity index (χ1) is 13.9. The number of benzene rings is 3. The molecular weight excluding hydrogens is 360 g/mol. The molecule has 3 rings (SSSR count). The third kappa shape index (κ3) is 6.18. The number of hydrogen-bond donors (Lipinski definition) is 1. The van der Waals surface area contributed by atoms with Gasteiger partial charge in [0.2, 0.25) is 0 Å². The average molecular weight is 391 g/mol. The van der Waals surface area contributed by atoms with E-state index in [9.17, 15) is 5.11 Å². The average Bonchev–Trinajstić information content (AvgIpc) is 2.71. The third-order valence-corrected chi connectivity index (χ3v) is 4.87. The Hall–Kier alpha value is -2.62. The van der Waals surface area contributed by atoms with Crippen molar-refractivity contribution in [2.75, 3.05) is 0 Å². The van der Waals surface area contributed by atoms with Crippen molar-refractivity contribution < 1.29 is 14.6 Å². The van der Waals surface area contributed by atoms with Gasteiger partial charge in [-0.1, -0.05) is 81.4 Å². The van der Waals surface area contributed by atoms with E-state index in [0.717, 1.165) is 27.8 Å². The summed E-state index contributed by atoms with van der Waals surface area (Å²) in [5.74, 6) is 0.263. The zero-order chi connectivity index (χ0) is 20.7. The molecule has 0 heterocycles. The lowest BCUT2D eigenvalue weighted by molar-refractivity contribution is 0.0996. The predicted octanol–water partition coefficient (Wildman–Crippen LogP) is 6.12. The van der Waals surface area contributed by atoms with Crippen molar-refractivity contribution >= 4 is 0 Å². The zero-order valence-electron chi connectivity index (χ0n) is 17.5. The van der Waals surface area contributed by atoms with Crippen LogP contribution in [0.2, 0.25) is 0 Å². The van der Waals surface area contributed by atoms with E-state index in [2.05, 4.69) is 20.8 Å². The molecule has 0 aromatic heterocycles. The number of phenols is 1. The lowest BCUT2D eigenvalue weighted by Crippen LogP contribution is -2.13. The van der Waals surface area contributed by atoms with Gasteiger partial charge in [0.25, 0.3) is 0 Å². The van der Waals surface area contributed by atoms with Crippen molar-refractivity contribution in [1.29, 1.82) is 0 Å². The van der Waals surface area contributed by atoms with E-state index >= 15 is 0 Å². The predicted molar refractivity (Wildman–Crippen MR) is 117 cm³/mol. The van der Waals surface area contributed by atoms with Gasteiger partial charge >= 0.3 is 0 Å². The number of hydrogen-bond acceptors (Lipinski definition) is 3. The Labute approximate surface area is 173 Å². The van der Waals surface area contributed by atoms with Crippen molar-refractivity contribution in [2.24, 2.45) is 0 Å². The largest absolute Gasteiger partial charge is 0.507 e. The number of aromatic hydroxyl groups is 1. The Morgan fingerprint density at radius 2 is 1.07 bits per heavy atom. The molecule has 0 spiro atoms. The first-order valence-electron chi connectivity index (χ1n) is 10.0. The maximum atomic E-state index is 10.8. The molecule has 3 aromatic rings. The molecule has 152 valence electrons. The van der Waals surface area contributed by atoms with Gasteiger partial charge in [-0.15, -0.1) is 0 Å². The van der Waals surface area contributed by atoms with Crippen LogP contribution < -0.4 is 0 Å². The highest BCUT2D eigenvalue weighted by molar-refractivity contribution is 5.45. The summed E-state index contributed by atoms with van der Waals surface area (Å²) in [6.45, 7) is 8.25. The Morgan fingerprint density at radius 1 is 0.655 bits per heavy atom. The SMILES string of the molecule is CC(C)(C)c1cc(COCc2ccccc2)c(O)c(COCc2ccccc2)c1. The Morgan fingerprint density at radius 3 is 1.45 bits per heavy atom. The summed E-state index contributed by atoms with van der Waals surface area (Å²) in [7, 11) is 0. The highest BCUT2D eigenvalue weighted by Crippen LogP contribution is 2.32. The molecule has 0 radical (unpaired) electrons. The highest BCUT2D eigenvalue weighted by atomic mass is 16.5. The van der Waals surface area contributed by atoms with Gasteiger partial charge in [-0.2, -0.15) is 0 Å². The molecule has 0 saturated carbocycles. The quantitative estimate of drug-likeness (QED) is 0.503. The molecule has 0 atom stereocenters. The topological polar surface area (TPSA) is 38.7 Å². The molecule has 0 bridgehead atoms. The van der Waals surface area contributed by atoms with Crippen molar-refractivity contribution in [2.45, 2.75) is 52.6 Å². The number of ether oxygens (including phenoxy) is 2. The summed E-state index contributed by atoms with van der Waals surface area (Å²) in [5, 5.41) is 10.8. The summed E-state index contributed by atoms with van der Waals surface area (Å²) in [4.78, 5) is 0. The minimum absolute atomic E-state index is 0.0317. The lowest BCUT2D eigenvalue weighted by atomic mass is 9.85. The molecule has 0 aliphatic rings.